The number of anilines is 4. The zero-order chi connectivity index (χ0) is 15.4. The van der Waals surface area contributed by atoms with Crippen molar-refractivity contribution in [2.45, 2.75) is 0 Å². The Balaban J connectivity index is 1.76. The van der Waals surface area contributed by atoms with E-state index in [-0.39, 0.29) is 0 Å². The van der Waals surface area contributed by atoms with Crippen LogP contribution in [0.4, 0.5) is 23.1 Å². The molecule has 0 spiro atoms. The third kappa shape index (κ3) is 3.96. The van der Waals surface area contributed by atoms with Crippen LogP contribution in [0.1, 0.15) is 0 Å². The van der Waals surface area contributed by atoms with Crippen LogP contribution in [0.3, 0.4) is 0 Å². The van der Waals surface area contributed by atoms with Crippen LogP contribution in [0.25, 0.3) is 0 Å². The van der Waals surface area contributed by atoms with Crippen molar-refractivity contribution in [1.82, 2.24) is 9.97 Å². The van der Waals surface area contributed by atoms with Gasteiger partial charge < -0.3 is 10.6 Å². The lowest BCUT2D eigenvalue weighted by molar-refractivity contribution is 1.17. The second-order valence-corrected chi connectivity index (χ2v) is 5.88. The maximum atomic E-state index is 5.97. The molecule has 0 aliphatic rings. The molecule has 3 aromatic rings. The van der Waals surface area contributed by atoms with Gasteiger partial charge in [0.15, 0.2) is 0 Å². The van der Waals surface area contributed by atoms with Crippen molar-refractivity contribution < 1.29 is 0 Å². The molecule has 4 nitrogen and oxygen atoms in total. The van der Waals surface area contributed by atoms with E-state index in [4.69, 9.17) is 11.6 Å². The summed E-state index contributed by atoms with van der Waals surface area (Å²) < 4.78 is 1.02. The van der Waals surface area contributed by atoms with E-state index in [2.05, 4.69) is 36.5 Å². The lowest BCUT2D eigenvalue weighted by atomic mass is 10.3. The molecule has 0 aliphatic carbocycles. The topological polar surface area (TPSA) is 49.8 Å². The van der Waals surface area contributed by atoms with Gasteiger partial charge in [0, 0.05) is 27.1 Å². The van der Waals surface area contributed by atoms with Crippen molar-refractivity contribution in [1.29, 1.82) is 0 Å². The zero-order valence-corrected chi connectivity index (χ0v) is 13.8. The molecule has 6 heteroatoms. The van der Waals surface area contributed by atoms with Crippen LogP contribution in [-0.4, -0.2) is 9.97 Å². The largest absolute Gasteiger partial charge is 0.340 e. The van der Waals surface area contributed by atoms with Crippen LogP contribution in [0.2, 0.25) is 5.02 Å². The van der Waals surface area contributed by atoms with Gasteiger partial charge in [-0.2, -0.15) is 4.98 Å². The summed E-state index contributed by atoms with van der Waals surface area (Å²) in [5.74, 6) is 1.21. The summed E-state index contributed by atoms with van der Waals surface area (Å²) >= 11 is 9.38. The van der Waals surface area contributed by atoms with Gasteiger partial charge in [-0.3, -0.25) is 0 Å². The number of halogens is 2. The number of nitrogens with one attached hydrogen (secondary N) is 2. The summed E-state index contributed by atoms with van der Waals surface area (Å²) in [6, 6.07) is 17.1. The predicted octanol–water partition coefficient (Wildman–Crippen LogP) is 5.38. The molecule has 0 saturated heterocycles. The minimum Gasteiger partial charge on any atom is -0.340 e. The molecule has 0 amide bonds. The Morgan fingerprint density at radius 3 is 2.50 bits per heavy atom. The van der Waals surface area contributed by atoms with Crippen LogP contribution in [-0.2, 0) is 0 Å². The molecule has 2 N–H and O–H groups in total. The van der Waals surface area contributed by atoms with Gasteiger partial charge in [-0.25, -0.2) is 4.98 Å². The Bertz CT molecular complexity index is 777. The van der Waals surface area contributed by atoms with Gasteiger partial charge in [0.25, 0.3) is 0 Å². The Morgan fingerprint density at radius 1 is 0.909 bits per heavy atom. The summed E-state index contributed by atoms with van der Waals surface area (Å²) in [6.45, 7) is 0. The highest BCUT2D eigenvalue weighted by atomic mass is 79.9. The van der Waals surface area contributed by atoms with E-state index in [1.165, 1.54) is 0 Å². The third-order valence-corrected chi connectivity index (χ3v) is 3.62. The number of hydrogen-bond donors (Lipinski definition) is 2. The minimum absolute atomic E-state index is 0.523. The minimum atomic E-state index is 0.523. The van der Waals surface area contributed by atoms with E-state index >= 15 is 0 Å². The van der Waals surface area contributed by atoms with Crippen LogP contribution in [0.15, 0.2) is 65.3 Å². The fourth-order valence-corrected chi connectivity index (χ4v) is 2.32. The predicted molar refractivity (Wildman–Crippen MR) is 94.2 cm³/mol. The molecule has 0 unspecified atom stereocenters. The van der Waals surface area contributed by atoms with Crippen molar-refractivity contribution in [2.75, 3.05) is 10.6 Å². The summed E-state index contributed by atoms with van der Waals surface area (Å²) in [5, 5.41) is 7.03. The Morgan fingerprint density at radius 2 is 1.73 bits per heavy atom. The van der Waals surface area contributed by atoms with E-state index in [0.29, 0.717) is 16.8 Å². The van der Waals surface area contributed by atoms with Crippen molar-refractivity contribution >= 4 is 50.7 Å². The monoisotopic (exact) mass is 374 g/mol. The van der Waals surface area contributed by atoms with Crippen LogP contribution >= 0.6 is 27.5 Å². The summed E-state index contributed by atoms with van der Waals surface area (Å²) in [5.41, 5.74) is 1.80. The number of aromatic nitrogens is 2. The molecule has 2 aromatic carbocycles. The first-order valence-corrected chi connectivity index (χ1v) is 7.74. The maximum absolute atomic E-state index is 5.97. The second kappa shape index (κ2) is 6.77. The number of benzene rings is 2. The average molecular weight is 376 g/mol. The standard InChI is InChI=1S/C16H12BrClN4/c17-11-4-6-13(7-5-11)21-16-19-9-8-15(22-16)20-14-3-1-2-12(18)10-14/h1-10H,(H2,19,20,21,22). The first-order valence-electron chi connectivity index (χ1n) is 6.57. The van der Waals surface area contributed by atoms with Crippen molar-refractivity contribution in [2.24, 2.45) is 0 Å². The molecule has 0 radical (unpaired) electrons. The molecule has 0 aliphatic heterocycles. The van der Waals surface area contributed by atoms with Gasteiger partial charge in [0.2, 0.25) is 5.95 Å². The summed E-state index contributed by atoms with van der Waals surface area (Å²) in [6.07, 6.45) is 1.70. The Hall–Kier alpha value is -2.11. The smallest absolute Gasteiger partial charge is 0.229 e. The van der Waals surface area contributed by atoms with Crippen LogP contribution in [0.5, 0.6) is 0 Å². The molecule has 0 fully saturated rings. The molecular weight excluding hydrogens is 364 g/mol. The fourth-order valence-electron chi connectivity index (χ4n) is 1.86. The molecule has 1 aromatic heterocycles. The third-order valence-electron chi connectivity index (χ3n) is 2.85. The molecule has 0 atom stereocenters. The molecular formula is C16H12BrClN4. The molecule has 0 bridgehead atoms. The van der Waals surface area contributed by atoms with E-state index in [1.54, 1.807) is 12.3 Å². The van der Waals surface area contributed by atoms with Gasteiger partial charge in [0.1, 0.15) is 5.82 Å². The average Bonchev–Trinajstić information content (AvgIpc) is 2.50. The fraction of sp³-hybridized carbons (Fsp3) is 0. The highest BCUT2D eigenvalue weighted by molar-refractivity contribution is 9.10. The zero-order valence-electron chi connectivity index (χ0n) is 11.4. The molecule has 22 heavy (non-hydrogen) atoms. The number of hydrogen-bond acceptors (Lipinski definition) is 4. The van der Waals surface area contributed by atoms with Gasteiger partial charge in [-0.15, -0.1) is 0 Å². The van der Waals surface area contributed by atoms with E-state index in [9.17, 15) is 0 Å². The Kier molecular flexibility index (Phi) is 4.56. The highest BCUT2D eigenvalue weighted by Gasteiger charge is 2.01. The van der Waals surface area contributed by atoms with Gasteiger partial charge in [0.05, 0.1) is 0 Å². The van der Waals surface area contributed by atoms with Gasteiger partial charge in [-0.1, -0.05) is 33.6 Å². The van der Waals surface area contributed by atoms with Crippen LogP contribution < -0.4 is 10.6 Å². The lowest BCUT2D eigenvalue weighted by Crippen LogP contribution is -2.00. The van der Waals surface area contributed by atoms with Gasteiger partial charge in [-0.05, 0) is 48.5 Å². The van der Waals surface area contributed by atoms with E-state index in [1.807, 2.05) is 48.5 Å². The van der Waals surface area contributed by atoms with Crippen molar-refractivity contribution in [3.05, 3.63) is 70.3 Å². The Labute approximate surface area is 141 Å². The highest BCUT2D eigenvalue weighted by Crippen LogP contribution is 2.21. The quantitative estimate of drug-likeness (QED) is 0.643. The molecule has 3 rings (SSSR count). The molecule has 0 saturated carbocycles. The summed E-state index contributed by atoms with van der Waals surface area (Å²) in [7, 11) is 0. The normalized spacial score (nSPS) is 10.3. The number of nitrogens with zero attached hydrogens (tertiary/aromatic N) is 2. The first-order chi connectivity index (χ1) is 10.7. The van der Waals surface area contributed by atoms with E-state index < -0.39 is 0 Å². The second-order valence-electron chi connectivity index (χ2n) is 4.53. The SMILES string of the molecule is Clc1cccc(Nc2ccnc(Nc3ccc(Br)cc3)n2)c1. The van der Waals surface area contributed by atoms with Crippen molar-refractivity contribution in [3.8, 4) is 0 Å². The van der Waals surface area contributed by atoms with Crippen LogP contribution in [0, 0.1) is 0 Å². The lowest BCUT2D eigenvalue weighted by Gasteiger charge is -2.08. The van der Waals surface area contributed by atoms with E-state index in [0.717, 1.165) is 15.8 Å². The van der Waals surface area contributed by atoms with Crippen molar-refractivity contribution in [3.63, 3.8) is 0 Å². The molecule has 110 valence electrons. The number of rotatable bonds is 4. The summed E-state index contributed by atoms with van der Waals surface area (Å²) in [4.78, 5) is 8.64. The van der Waals surface area contributed by atoms with Gasteiger partial charge >= 0.3 is 0 Å². The molecule has 1 heterocycles. The first kappa shape index (κ1) is 14.8. The maximum Gasteiger partial charge on any atom is 0.229 e.